The lowest BCUT2D eigenvalue weighted by atomic mass is 9.75. The summed E-state index contributed by atoms with van der Waals surface area (Å²) in [5.74, 6) is -0.742. The lowest BCUT2D eigenvalue weighted by molar-refractivity contribution is -0.149. The highest BCUT2D eigenvalue weighted by atomic mass is 19.1. The average molecular weight is 315 g/mol. The number of carboxylic acid groups (broad SMARTS) is 1. The van der Waals surface area contributed by atoms with Crippen molar-refractivity contribution in [2.75, 3.05) is 18.0 Å². The number of aliphatic carboxylic acids is 1. The Hall–Kier alpha value is -2.50. The Bertz CT molecular complexity index is 695. The maximum atomic E-state index is 14.0. The van der Waals surface area contributed by atoms with Crippen LogP contribution in [0.5, 0.6) is 0 Å². The number of halogens is 1. The molecule has 5 nitrogen and oxygen atoms in total. The smallest absolute Gasteiger partial charge is 0.311 e. The fraction of sp³-hybridized carbons (Fsp3) is 0.353. The van der Waals surface area contributed by atoms with Gasteiger partial charge in [0.05, 0.1) is 5.41 Å². The van der Waals surface area contributed by atoms with Gasteiger partial charge in [0.25, 0.3) is 0 Å². The Morgan fingerprint density at radius 2 is 2.00 bits per heavy atom. The summed E-state index contributed by atoms with van der Waals surface area (Å²) in [6.07, 6.45) is 4.66. The van der Waals surface area contributed by atoms with Gasteiger partial charge in [-0.2, -0.15) is 0 Å². The Labute approximate surface area is 133 Å². The summed E-state index contributed by atoms with van der Waals surface area (Å²) in [5.41, 5.74) is -0.592. The molecule has 0 unspecified atom stereocenters. The standard InChI is InChI=1S/C17H18FN3O2/c18-14-6-2-1-5-13(14)11-17(15(22)23)7-3-10-21(12-17)16-19-8-4-9-20-16/h1-2,4-6,8-9H,3,7,10-12H2,(H,22,23)/t17-/m0/s1. The number of nitrogens with zero attached hydrogens (tertiary/aromatic N) is 3. The average Bonchev–Trinajstić information content (AvgIpc) is 2.58. The summed E-state index contributed by atoms with van der Waals surface area (Å²) < 4.78 is 14.0. The molecule has 6 heteroatoms. The second-order valence-electron chi connectivity index (χ2n) is 5.93. The van der Waals surface area contributed by atoms with Gasteiger partial charge in [0.1, 0.15) is 5.82 Å². The van der Waals surface area contributed by atoms with Crippen molar-refractivity contribution in [3.05, 3.63) is 54.1 Å². The van der Waals surface area contributed by atoms with Crippen molar-refractivity contribution in [3.63, 3.8) is 0 Å². The number of aromatic nitrogens is 2. The van der Waals surface area contributed by atoms with E-state index in [1.54, 1.807) is 36.7 Å². The molecule has 1 atom stereocenters. The summed E-state index contributed by atoms with van der Waals surface area (Å²) in [6, 6.07) is 8.08. The van der Waals surface area contributed by atoms with Crippen molar-refractivity contribution in [1.82, 2.24) is 9.97 Å². The summed E-state index contributed by atoms with van der Waals surface area (Å²) in [6.45, 7) is 0.983. The molecule has 0 radical (unpaired) electrons. The first-order valence-electron chi connectivity index (χ1n) is 7.59. The van der Waals surface area contributed by atoms with Gasteiger partial charge >= 0.3 is 5.97 Å². The monoisotopic (exact) mass is 315 g/mol. The van der Waals surface area contributed by atoms with E-state index >= 15 is 0 Å². The van der Waals surface area contributed by atoms with Crippen molar-refractivity contribution >= 4 is 11.9 Å². The van der Waals surface area contributed by atoms with Gasteiger partial charge in [0, 0.05) is 25.5 Å². The summed E-state index contributed by atoms with van der Waals surface area (Å²) >= 11 is 0. The van der Waals surface area contributed by atoms with Crippen molar-refractivity contribution in [2.45, 2.75) is 19.3 Å². The molecule has 0 amide bonds. The van der Waals surface area contributed by atoms with Gasteiger partial charge in [0.15, 0.2) is 0 Å². The Morgan fingerprint density at radius 1 is 1.26 bits per heavy atom. The van der Waals surface area contributed by atoms with Gasteiger partial charge in [-0.25, -0.2) is 14.4 Å². The van der Waals surface area contributed by atoms with Crippen LogP contribution in [0.3, 0.4) is 0 Å². The molecule has 1 aromatic carbocycles. The number of carboxylic acids is 1. The summed E-state index contributed by atoms with van der Waals surface area (Å²) in [7, 11) is 0. The van der Waals surface area contributed by atoms with E-state index in [1.165, 1.54) is 6.07 Å². The molecule has 1 fully saturated rings. The number of anilines is 1. The topological polar surface area (TPSA) is 66.3 Å². The predicted octanol–water partition coefficient (Wildman–Crippen LogP) is 2.53. The summed E-state index contributed by atoms with van der Waals surface area (Å²) in [4.78, 5) is 22.3. The zero-order chi connectivity index (χ0) is 16.3. The Morgan fingerprint density at radius 3 is 2.70 bits per heavy atom. The molecule has 1 aliphatic heterocycles. The minimum Gasteiger partial charge on any atom is -0.481 e. The van der Waals surface area contributed by atoms with E-state index in [0.717, 1.165) is 0 Å². The van der Waals surface area contributed by atoms with Gasteiger partial charge in [-0.3, -0.25) is 4.79 Å². The van der Waals surface area contributed by atoms with Crippen molar-refractivity contribution in [1.29, 1.82) is 0 Å². The van der Waals surface area contributed by atoms with E-state index in [2.05, 4.69) is 9.97 Å². The van der Waals surface area contributed by atoms with Crippen LogP contribution in [0.25, 0.3) is 0 Å². The molecule has 1 N–H and O–H groups in total. The number of piperidine rings is 1. The van der Waals surface area contributed by atoms with E-state index in [9.17, 15) is 14.3 Å². The number of rotatable bonds is 4. The predicted molar refractivity (Wildman–Crippen MR) is 83.7 cm³/mol. The van der Waals surface area contributed by atoms with Crippen LogP contribution in [0.15, 0.2) is 42.7 Å². The fourth-order valence-corrected chi connectivity index (χ4v) is 3.16. The molecule has 0 bridgehead atoms. The molecular formula is C17H18FN3O2. The lowest BCUT2D eigenvalue weighted by Gasteiger charge is -2.40. The number of benzene rings is 1. The number of hydrogen-bond donors (Lipinski definition) is 1. The van der Waals surface area contributed by atoms with Crippen LogP contribution in [0.1, 0.15) is 18.4 Å². The van der Waals surface area contributed by atoms with Crippen LogP contribution >= 0.6 is 0 Å². The van der Waals surface area contributed by atoms with Crippen LogP contribution in [0, 0.1) is 11.2 Å². The van der Waals surface area contributed by atoms with E-state index in [1.807, 2.05) is 4.90 Å². The highest BCUT2D eigenvalue weighted by Crippen LogP contribution is 2.35. The first-order chi connectivity index (χ1) is 11.1. The maximum Gasteiger partial charge on any atom is 0.311 e. The minimum atomic E-state index is -1.03. The fourth-order valence-electron chi connectivity index (χ4n) is 3.16. The molecular weight excluding hydrogens is 297 g/mol. The second-order valence-corrected chi connectivity index (χ2v) is 5.93. The minimum absolute atomic E-state index is 0.165. The molecule has 0 aliphatic carbocycles. The van der Waals surface area contributed by atoms with Gasteiger partial charge < -0.3 is 10.0 Å². The molecule has 1 aliphatic rings. The van der Waals surface area contributed by atoms with Crippen molar-refractivity contribution < 1.29 is 14.3 Å². The van der Waals surface area contributed by atoms with E-state index < -0.39 is 11.4 Å². The molecule has 0 spiro atoms. The Kier molecular flexibility index (Phi) is 4.23. The van der Waals surface area contributed by atoms with Crippen LogP contribution in [-0.4, -0.2) is 34.1 Å². The summed E-state index contributed by atoms with van der Waals surface area (Å²) in [5, 5.41) is 9.82. The molecule has 23 heavy (non-hydrogen) atoms. The van der Waals surface area contributed by atoms with Crippen molar-refractivity contribution in [3.8, 4) is 0 Å². The number of carbonyl (C=O) groups is 1. The van der Waals surface area contributed by atoms with Gasteiger partial charge in [-0.1, -0.05) is 18.2 Å². The molecule has 0 saturated carbocycles. The quantitative estimate of drug-likeness (QED) is 0.939. The maximum absolute atomic E-state index is 14.0. The third-order valence-corrected chi connectivity index (χ3v) is 4.35. The van der Waals surface area contributed by atoms with Crippen LogP contribution in [0.2, 0.25) is 0 Å². The van der Waals surface area contributed by atoms with Gasteiger partial charge in [0.2, 0.25) is 5.95 Å². The normalized spacial score (nSPS) is 21.2. The SMILES string of the molecule is O=C(O)[C@]1(Cc2ccccc2F)CCCN(c2ncccn2)C1. The molecule has 1 saturated heterocycles. The molecule has 1 aromatic heterocycles. The zero-order valence-corrected chi connectivity index (χ0v) is 12.7. The molecule has 3 rings (SSSR count). The van der Waals surface area contributed by atoms with E-state index in [0.29, 0.717) is 30.9 Å². The molecule has 2 heterocycles. The third kappa shape index (κ3) is 3.16. The molecule has 120 valence electrons. The lowest BCUT2D eigenvalue weighted by Crippen LogP contribution is -2.49. The first-order valence-corrected chi connectivity index (χ1v) is 7.59. The van der Waals surface area contributed by atoms with Crippen LogP contribution in [0.4, 0.5) is 10.3 Å². The van der Waals surface area contributed by atoms with Crippen LogP contribution in [-0.2, 0) is 11.2 Å². The largest absolute Gasteiger partial charge is 0.481 e. The highest BCUT2D eigenvalue weighted by Gasteiger charge is 2.43. The Balaban J connectivity index is 1.89. The zero-order valence-electron chi connectivity index (χ0n) is 12.7. The second kappa shape index (κ2) is 6.32. The van der Waals surface area contributed by atoms with Gasteiger partial charge in [-0.15, -0.1) is 0 Å². The van der Waals surface area contributed by atoms with Gasteiger partial charge in [-0.05, 0) is 37.0 Å². The van der Waals surface area contributed by atoms with Crippen molar-refractivity contribution in [2.24, 2.45) is 5.41 Å². The highest BCUT2D eigenvalue weighted by molar-refractivity contribution is 5.76. The van der Waals surface area contributed by atoms with E-state index in [4.69, 9.17) is 0 Å². The first kappa shape index (κ1) is 15.4. The van der Waals surface area contributed by atoms with E-state index in [-0.39, 0.29) is 18.8 Å². The number of hydrogen-bond acceptors (Lipinski definition) is 4. The third-order valence-electron chi connectivity index (χ3n) is 4.35. The molecule has 2 aromatic rings. The van der Waals surface area contributed by atoms with Crippen LogP contribution < -0.4 is 4.90 Å².